The third kappa shape index (κ3) is 2.35. The van der Waals surface area contributed by atoms with Crippen molar-refractivity contribution in [3.05, 3.63) is 53.9 Å². The van der Waals surface area contributed by atoms with Crippen LogP contribution < -0.4 is 5.32 Å². The highest BCUT2D eigenvalue weighted by molar-refractivity contribution is 5.72. The normalized spacial score (nSPS) is 10.3. The van der Waals surface area contributed by atoms with Crippen molar-refractivity contribution >= 4 is 17.9 Å². The first-order valence-electron chi connectivity index (χ1n) is 6.41. The largest absolute Gasteiger partial charge is 0.312 e. The van der Waals surface area contributed by atoms with Gasteiger partial charge in [-0.25, -0.2) is 4.98 Å². The predicted octanol–water partition coefficient (Wildman–Crippen LogP) is 2.75. The van der Waals surface area contributed by atoms with E-state index >= 15 is 0 Å². The van der Waals surface area contributed by atoms with Gasteiger partial charge < -0.3 is 9.72 Å². The minimum absolute atomic E-state index is 0.504. The van der Waals surface area contributed by atoms with Crippen molar-refractivity contribution < 1.29 is 4.79 Å². The first-order valence-corrected chi connectivity index (χ1v) is 6.41. The summed E-state index contributed by atoms with van der Waals surface area (Å²) in [5, 5.41) is 11.6. The van der Waals surface area contributed by atoms with Crippen molar-refractivity contribution in [3.8, 4) is 17.2 Å². The number of carbonyl (C=O) groups is 1. The fourth-order valence-electron chi connectivity index (χ4n) is 2.28. The Bertz CT molecular complexity index is 874. The third-order valence-corrected chi connectivity index (χ3v) is 3.34. The van der Waals surface area contributed by atoms with Crippen LogP contribution in [0.1, 0.15) is 11.1 Å². The summed E-state index contributed by atoms with van der Waals surface area (Å²) in [7, 11) is 0. The highest BCUT2D eigenvalue weighted by Gasteiger charge is 2.06. The molecule has 0 atom stereocenters. The highest BCUT2D eigenvalue weighted by atomic mass is 16.1. The molecule has 1 aromatic carbocycles. The van der Waals surface area contributed by atoms with E-state index in [4.69, 9.17) is 5.26 Å². The van der Waals surface area contributed by atoms with E-state index < -0.39 is 0 Å². The van der Waals surface area contributed by atoms with Crippen LogP contribution in [0.15, 0.2) is 42.7 Å². The number of rotatable bonds is 3. The number of benzene rings is 1. The number of fused-ring (bicyclic) bond motifs is 1. The second-order valence-corrected chi connectivity index (χ2v) is 4.71. The molecule has 5 heteroatoms. The number of imidazole rings is 1. The summed E-state index contributed by atoms with van der Waals surface area (Å²) in [6.45, 7) is 2.01. The maximum absolute atomic E-state index is 10.5. The molecule has 0 unspecified atom stereocenters. The molecule has 0 aliphatic heterocycles. The summed E-state index contributed by atoms with van der Waals surface area (Å²) in [6, 6.07) is 11.6. The van der Waals surface area contributed by atoms with Gasteiger partial charge in [0, 0.05) is 6.20 Å². The molecule has 0 spiro atoms. The summed E-state index contributed by atoms with van der Waals surface area (Å²) >= 11 is 0. The highest BCUT2D eigenvalue weighted by Crippen LogP contribution is 2.25. The van der Waals surface area contributed by atoms with Gasteiger partial charge in [0.05, 0.1) is 17.8 Å². The van der Waals surface area contributed by atoms with E-state index in [9.17, 15) is 4.79 Å². The minimum atomic E-state index is 0.504. The standard InChI is InChI=1S/C16H12N4O/c1-11-2-3-12(7-17)6-14(11)13-4-5-16-19-15(18-10-21)9-20(16)8-13/h2-6,8-10H,1H3,(H,18,21). The first kappa shape index (κ1) is 12.9. The topological polar surface area (TPSA) is 70.2 Å². The third-order valence-electron chi connectivity index (χ3n) is 3.34. The van der Waals surface area contributed by atoms with Crippen LogP contribution >= 0.6 is 0 Å². The van der Waals surface area contributed by atoms with E-state index in [1.807, 2.05) is 41.8 Å². The Balaban J connectivity index is 2.12. The minimum Gasteiger partial charge on any atom is -0.312 e. The van der Waals surface area contributed by atoms with Crippen molar-refractivity contribution in [2.75, 3.05) is 5.32 Å². The summed E-state index contributed by atoms with van der Waals surface area (Å²) < 4.78 is 1.85. The van der Waals surface area contributed by atoms with Crippen LogP contribution in [0.4, 0.5) is 5.82 Å². The SMILES string of the molecule is Cc1ccc(C#N)cc1-c1ccc2nc(NC=O)cn2c1. The Morgan fingerprint density at radius 2 is 2.14 bits per heavy atom. The lowest BCUT2D eigenvalue weighted by Crippen LogP contribution is -1.92. The van der Waals surface area contributed by atoms with Gasteiger partial charge in [-0.05, 0) is 47.9 Å². The van der Waals surface area contributed by atoms with Crippen LogP contribution in [0.5, 0.6) is 0 Å². The predicted molar refractivity (Wildman–Crippen MR) is 79.8 cm³/mol. The first-order chi connectivity index (χ1) is 10.2. The summed E-state index contributed by atoms with van der Waals surface area (Å²) in [5.41, 5.74) is 4.48. The lowest BCUT2D eigenvalue weighted by molar-refractivity contribution is -0.105. The zero-order valence-corrected chi connectivity index (χ0v) is 11.4. The lowest BCUT2D eigenvalue weighted by Gasteiger charge is -2.07. The monoisotopic (exact) mass is 276 g/mol. The molecular formula is C16H12N4O. The number of carbonyl (C=O) groups excluding carboxylic acids is 1. The molecule has 2 aromatic heterocycles. The Kier molecular flexibility index (Phi) is 3.13. The number of nitrogens with zero attached hydrogens (tertiary/aromatic N) is 3. The molecule has 0 saturated carbocycles. The van der Waals surface area contributed by atoms with Crippen molar-refractivity contribution in [2.24, 2.45) is 0 Å². The zero-order valence-electron chi connectivity index (χ0n) is 11.4. The Hall–Kier alpha value is -3.13. The average molecular weight is 276 g/mol. The van der Waals surface area contributed by atoms with Crippen LogP contribution in [0.25, 0.3) is 16.8 Å². The van der Waals surface area contributed by atoms with Crippen LogP contribution in [0, 0.1) is 18.3 Å². The van der Waals surface area contributed by atoms with E-state index in [0.717, 1.165) is 22.3 Å². The Morgan fingerprint density at radius 1 is 1.29 bits per heavy atom. The van der Waals surface area contributed by atoms with Gasteiger partial charge in [-0.15, -0.1) is 0 Å². The molecule has 0 radical (unpaired) electrons. The molecule has 102 valence electrons. The fourth-order valence-corrected chi connectivity index (χ4v) is 2.28. The molecule has 1 amide bonds. The van der Waals surface area contributed by atoms with Gasteiger partial charge in [0.15, 0.2) is 5.82 Å². The average Bonchev–Trinajstić information content (AvgIpc) is 2.89. The van der Waals surface area contributed by atoms with Gasteiger partial charge in [-0.3, -0.25) is 4.79 Å². The van der Waals surface area contributed by atoms with Gasteiger partial charge in [0.25, 0.3) is 0 Å². The molecule has 0 fully saturated rings. The van der Waals surface area contributed by atoms with Gasteiger partial charge in [0.2, 0.25) is 6.41 Å². The van der Waals surface area contributed by atoms with Crippen LogP contribution in [-0.4, -0.2) is 15.8 Å². The van der Waals surface area contributed by atoms with Crippen LogP contribution in [0.2, 0.25) is 0 Å². The van der Waals surface area contributed by atoms with E-state index in [2.05, 4.69) is 16.4 Å². The second-order valence-electron chi connectivity index (χ2n) is 4.71. The van der Waals surface area contributed by atoms with E-state index in [0.29, 0.717) is 17.8 Å². The van der Waals surface area contributed by atoms with E-state index in [-0.39, 0.29) is 0 Å². The molecule has 1 N–H and O–H groups in total. The molecule has 5 nitrogen and oxygen atoms in total. The maximum atomic E-state index is 10.5. The van der Waals surface area contributed by atoms with Gasteiger partial charge in [-0.1, -0.05) is 6.07 Å². The zero-order chi connectivity index (χ0) is 14.8. The van der Waals surface area contributed by atoms with Crippen molar-refractivity contribution in [1.82, 2.24) is 9.38 Å². The molecule has 0 aliphatic rings. The fraction of sp³-hybridized carbons (Fsp3) is 0.0625. The summed E-state index contributed by atoms with van der Waals surface area (Å²) in [5.74, 6) is 0.504. The quantitative estimate of drug-likeness (QED) is 0.748. The maximum Gasteiger partial charge on any atom is 0.212 e. The number of aromatic nitrogens is 2. The Labute approximate surface area is 121 Å². The molecular weight excluding hydrogens is 264 g/mol. The lowest BCUT2D eigenvalue weighted by atomic mass is 10.00. The van der Waals surface area contributed by atoms with E-state index in [1.165, 1.54) is 0 Å². The molecule has 3 aromatic rings. The number of pyridine rings is 1. The van der Waals surface area contributed by atoms with Gasteiger partial charge in [0.1, 0.15) is 5.65 Å². The molecule has 0 aliphatic carbocycles. The number of anilines is 1. The number of aryl methyl sites for hydroxylation is 1. The number of hydrogen-bond donors (Lipinski definition) is 1. The van der Waals surface area contributed by atoms with Crippen molar-refractivity contribution in [1.29, 1.82) is 5.26 Å². The molecule has 2 heterocycles. The van der Waals surface area contributed by atoms with Crippen LogP contribution in [0.3, 0.4) is 0 Å². The van der Waals surface area contributed by atoms with E-state index in [1.54, 1.807) is 12.3 Å². The second kappa shape index (κ2) is 5.10. The van der Waals surface area contributed by atoms with Crippen LogP contribution in [-0.2, 0) is 4.79 Å². The number of nitriles is 1. The van der Waals surface area contributed by atoms with Crippen molar-refractivity contribution in [3.63, 3.8) is 0 Å². The number of hydrogen-bond acceptors (Lipinski definition) is 3. The van der Waals surface area contributed by atoms with Crippen molar-refractivity contribution in [2.45, 2.75) is 6.92 Å². The number of amides is 1. The Morgan fingerprint density at radius 3 is 2.90 bits per heavy atom. The summed E-state index contributed by atoms with van der Waals surface area (Å²) in [6.07, 6.45) is 4.28. The smallest absolute Gasteiger partial charge is 0.212 e. The van der Waals surface area contributed by atoms with Gasteiger partial charge in [-0.2, -0.15) is 5.26 Å². The molecule has 3 rings (SSSR count). The molecule has 21 heavy (non-hydrogen) atoms. The summed E-state index contributed by atoms with van der Waals surface area (Å²) in [4.78, 5) is 14.7. The number of nitrogens with one attached hydrogen (secondary N) is 1. The molecule has 0 saturated heterocycles. The molecule has 0 bridgehead atoms. The van der Waals surface area contributed by atoms with Gasteiger partial charge >= 0.3 is 0 Å².